The lowest BCUT2D eigenvalue weighted by Crippen LogP contribution is -2.30. The second-order valence-electron chi connectivity index (χ2n) is 5.94. The molecule has 0 spiro atoms. The van der Waals surface area contributed by atoms with Crippen LogP contribution in [0.1, 0.15) is 19.4 Å². The summed E-state index contributed by atoms with van der Waals surface area (Å²) in [5.74, 6) is 0.439. The topological polar surface area (TPSA) is 83.4 Å². The van der Waals surface area contributed by atoms with Crippen LogP contribution in [-0.2, 0) is 10.0 Å². The first kappa shape index (κ1) is 20.1. The molecule has 9 heteroatoms. The van der Waals surface area contributed by atoms with E-state index >= 15 is 0 Å². The van der Waals surface area contributed by atoms with Crippen LogP contribution in [0.4, 0.5) is 0 Å². The van der Waals surface area contributed by atoms with Gasteiger partial charge >= 0.3 is 0 Å². The van der Waals surface area contributed by atoms with Crippen molar-refractivity contribution in [2.45, 2.75) is 18.7 Å². The largest absolute Gasteiger partial charge is 0.250 e. The molecule has 0 saturated heterocycles. The van der Waals surface area contributed by atoms with E-state index in [9.17, 15) is 8.42 Å². The molecule has 146 valence electrons. The molecule has 0 atom stereocenters. The number of H-pyrrole nitrogens is 1. The van der Waals surface area contributed by atoms with Crippen molar-refractivity contribution in [2.24, 2.45) is 5.10 Å². The molecule has 0 radical (unpaired) electrons. The summed E-state index contributed by atoms with van der Waals surface area (Å²) in [6, 6.07) is 16.2. The van der Waals surface area contributed by atoms with Gasteiger partial charge in [-0.2, -0.15) is 19.2 Å². The Hall–Kier alpha value is -2.62. The van der Waals surface area contributed by atoms with Gasteiger partial charge in [-0.3, -0.25) is 0 Å². The highest BCUT2D eigenvalue weighted by molar-refractivity contribution is 7.89. The number of hydrogen-bond acceptors (Lipinski definition) is 5. The van der Waals surface area contributed by atoms with Crippen LogP contribution in [-0.4, -0.2) is 46.9 Å². The molecule has 1 aromatic heterocycles. The first-order valence-electron chi connectivity index (χ1n) is 8.84. The second kappa shape index (κ2) is 8.59. The van der Waals surface area contributed by atoms with Gasteiger partial charge in [0.2, 0.25) is 14.8 Å². The summed E-state index contributed by atoms with van der Waals surface area (Å²) in [6.45, 7) is 4.44. The third-order valence-electron chi connectivity index (χ3n) is 4.21. The van der Waals surface area contributed by atoms with Crippen LogP contribution in [0.3, 0.4) is 0 Å². The summed E-state index contributed by atoms with van der Waals surface area (Å²) in [5.41, 5.74) is 1.51. The predicted molar refractivity (Wildman–Crippen MR) is 112 cm³/mol. The molecule has 2 aromatic carbocycles. The molecule has 0 aliphatic carbocycles. The maximum Gasteiger partial charge on any atom is 0.243 e. The van der Waals surface area contributed by atoms with E-state index in [1.807, 2.05) is 44.2 Å². The highest BCUT2D eigenvalue weighted by Crippen LogP contribution is 2.23. The number of nitrogens with one attached hydrogen (secondary N) is 1. The molecular formula is C19H21N5O2S2. The Morgan fingerprint density at radius 1 is 1.14 bits per heavy atom. The SMILES string of the molecule is CCN(CC)S(=O)(=O)c1cccc(-c2n[nH]c(=S)n2/N=C\c2ccccc2)c1. The molecule has 0 saturated carbocycles. The van der Waals surface area contributed by atoms with Crippen LogP contribution >= 0.6 is 12.2 Å². The Bertz CT molecular complexity index is 1130. The molecule has 1 heterocycles. The maximum absolute atomic E-state index is 12.8. The molecule has 3 aromatic rings. The van der Waals surface area contributed by atoms with E-state index < -0.39 is 10.0 Å². The minimum atomic E-state index is -3.57. The minimum Gasteiger partial charge on any atom is -0.250 e. The van der Waals surface area contributed by atoms with Gasteiger partial charge in [0.15, 0.2) is 5.82 Å². The summed E-state index contributed by atoms with van der Waals surface area (Å²) in [7, 11) is -3.57. The average Bonchev–Trinajstić information content (AvgIpc) is 3.08. The fourth-order valence-corrected chi connectivity index (χ4v) is 4.44. The number of benzene rings is 2. The van der Waals surface area contributed by atoms with Crippen LogP contribution in [0.15, 0.2) is 64.6 Å². The number of sulfonamides is 1. The Balaban J connectivity index is 2.02. The van der Waals surface area contributed by atoms with Gasteiger partial charge < -0.3 is 0 Å². The molecule has 3 rings (SSSR count). The first-order valence-corrected chi connectivity index (χ1v) is 10.7. The monoisotopic (exact) mass is 415 g/mol. The molecule has 0 fully saturated rings. The Morgan fingerprint density at radius 2 is 1.86 bits per heavy atom. The van der Waals surface area contributed by atoms with Crippen LogP contribution in [0.5, 0.6) is 0 Å². The molecule has 28 heavy (non-hydrogen) atoms. The van der Waals surface area contributed by atoms with E-state index in [2.05, 4.69) is 15.3 Å². The van der Waals surface area contributed by atoms with Crippen molar-refractivity contribution < 1.29 is 8.42 Å². The van der Waals surface area contributed by atoms with E-state index in [1.54, 1.807) is 30.5 Å². The first-order chi connectivity index (χ1) is 13.5. The van der Waals surface area contributed by atoms with E-state index in [-0.39, 0.29) is 4.90 Å². The summed E-state index contributed by atoms with van der Waals surface area (Å²) in [4.78, 5) is 0.209. The maximum atomic E-state index is 12.8. The van der Waals surface area contributed by atoms with Gasteiger partial charge in [-0.05, 0) is 29.9 Å². The van der Waals surface area contributed by atoms with Gasteiger partial charge in [0.25, 0.3) is 0 Å². The number of hydrogen-bond donors (Lipinski definition) is 1. The van der Waals surface area contributed by atoms with Crippen LogP contribution in [0, 0.1) is 4.77 Å². The smallest absolute Gasteiger partial charge is 0.243 e. The quantitative estimate of drug-likeness (QED) is 0.473. The van der Waals surface area contributed by atoms with Crippen molar-refractivity contribution in [2.75, 3.05) is 13.1 Å². The molecule has 0 aliphatic heterocycles. The zero-order chi connectivity index (χ0) is 20.1. The summed E-state index contributed by atoms with van der Waals surface area (Å²) >= 11 is 5.28. The molecule has 7 nitrogen and oxygen atoms in total. The third-order valence-corrected chi connectivity index (χ3v) is 6.52. The fourth-order valence-electron chi connectivity index (χ4n) is 2.76. The van der Waals surface area contributed by atoms with Crippen LogP contribution in [0.2, 0.25) is 0 Å². The van der Waals surface area contributed by atoms with Crippen LogP contribution < -0.4 is 0 Å². The lowest BCUT2D eigenvalue weighted by atomic mass is 10.2. The second-order valence-corrected chi connectivity index (χ2v) is 8.26. The molecule has 0 bridgehead atoms. The highest BCUT2D eigenvalue weighted by Gasteiger charge is 2.22. The molecule has 0 unspecified atom stereocenters. The van der Waals surface area contributed by atoms with Gasteiger partial charge in [-0.15, -0.1) is 0 Å². The van der Waals surface area contributed by atoms with E-state index in [4.69, 9.17) is 12.2 Å². The number of aromatic amines is 1. The highest BCUT2D eigenvalue weighted by atomic mass is 32.2. The number of nitrogens with zero attached hydrogens (tertiary/aromatic N) is 4. The molecule has 1 N–H and O–H groups in total. The van der Waals surface area contributed by atoms with Crippen molar-refractivity contribution in [3.8, 4) is 11.4 Å². The Kier molecular flexibility index (Phi) is 6.18. The summed E-state index contributed by atoms with van der Waals surface area (Å²) in [6.07, 6.45) is 1.67. The lowest BCUT2D eigenvalue weighted by molar-refractivity contribution is 0.445. The van der Waals surface area contributed by atoms with Crippen LogP contribution in [0.25, 0.3) is 11.4 Å². The Morgan fingerprint density at radius 3 is 2.54 bits per heavy atom. The van der Waals surface area contributed by atoms with Crippen molar-refractivity contribution in [3.63, 3.8) is 0 Å². The number of aromatic nitrogens is 3. The lowest BCUT2D eigenvalue weighted by Gasteiger charge is -2.18. The molecule has 0 aliphatic rings. The standard InChI is InChI=1S/C19H21N5O2S2/c1-3-23(4-2)28(25,26)17-12-8-11-16(13-17)18-21-22-19(27)24(18)20-14-15-9-6-5-7-10-15/h5-14H,3-4H2,1-2H3,(H,22,27)/b20-14-. The molecule has 0 amide bonds. The summed E-state index contributed by atoms with van der Waals surface area (Å²) < 4.78 is 28.8. The fraction of sp³-hybridized carbons (Fsp3) is 0.211. The zero-order valence-corrected chi connectivity index (χ0v) is 17.2. The van der Waals surface area contributed by atoms with Gasteiger partial charge in [-0.25, -0.2) is 13.5 Å². The predicted octanol–water partition coefficient (Wildman–Crippen LogP) is 3.52. The Labute approximate surface area is 169 Å². The summed E-state index contributed by atoms with van der Waals surface area (Å²) in [5, 5.41) is 11.4. The normalized spacial score (nSPS) is 12.1. The number of rotatable bonds is 7. The average molecular weight is 416 g/mol. The zero-order valence-electron chi connectivity index (χ0n) is 15.6. The third kappa shape index (κ3) is 4.11. The van der Waals surface area contributed by atoms with Gasteiger partial charge in [0.1, 0.15) is 0 Å². The van der Waals surface area contributed by atoms with Gasteiger partial charge in [-0.1, -0.05) is 56.3 Å². The molecular weight excluding hydrogens is 394 g/mol. The van der Waals surface area contributed by atoms with E-state index in [1.165, 1.54) is 8.98 Å². The van der Waals surface area contributed by atoms with E-state index in [0.29, 0.717) is 29.2 Å². The van der Waals surface area contributed by atoms with Crippen molar-refractivity contribution in [3.05, 3.63) is 64.9 Å². The van der Waals surface area contributed by atoms with Crippen molar-refractivity contribution >= 4 is 28.5 Å². The minimum absolute atomic E-state index is 0.209. The van der Waals surface area contributed by atoms with Crippen molar-refractivity contribution in [1.29, 1.82) is 0 Å². The van der Waals surface area contributed by atoms with Gasteiger partial charge in [0.05, 0.1) is 11.1 Å². The van der Waals surface area contributed by atoms with Gasteiger partial charge in [0, 0.05) is 18.7 Å². The van der Waals surface area contributed by atoms with Crippen molar-refractivity contribution in [1.82, 2.24) is 19.2 Å². The van der Waals surface area contributed by atoms with E-state index in [0.717, 1.165) is 5.56 Å².